The fourth-order valence-electron chi connectivity index (χ4n) is 4.63. The summed E-state index contributed by atoms with van der Waals surface area (Å²) in [6, 6.07) is 13.6. The fraction of sp³-hybridized carbons (Fsp3) is 0.417. The monoisotopic (exact) mass is 410 g/mol. The lowest BCUT2D eigenvalue weighted by Gasteiger charge is -2.37. The van der Waals surface area contributed by atoms with Gasteiger partial charge < -0.3 is 15.0 Å². The van der Waals surface area contributed by atoms with Crippen molar-refractivity contribution in [1.82, 2.24) is 4.90 Å². The van der Waals surface area contributed by atoms with Crippen LogP contribution < -0.4 is 5.32 Å². The molecule has 4 rings (SSSR count). The molecular formula is C24H27FN2O3. The van der Waals surface area contributed by atoms with Gasteiger partial charge in [0.15, 0.2) is 0 Å². The highest BCUT2D eigenvalue weighted by atomic mass is 19.1. The second-order valence-electron chi connectivity index (χ2n) is 8.26. The number of rotatable bonds is 4. The number of anilines is 1. The van der Waals surface area contributed by atoms with Gasteiger partial charge in [0.05, 0.1) is 5.92 Å². The molecule has 0 aliphatic carbocycles. The molecule has 30 heavy (non-hydrogen) atoms. The minimum absolute atomic E-state index is 0.0513. The number of ether oxygens (including phenoxy) is 1. The van der Waals surface area contributed by atoms with E-state index in [2.05, 4.69) is 12.2 Å². The largest absolute Gasteiger partial charge is 0.381 e. The number of halogens is 1. The Hall–Kier alpha value is -2.73. The van der Waals surface area contributed by atoms with E-state index in [-0.39, 0.29) is 23.1 Å². The Balaban J connectivity index is 1.55. The van der Waals surface area contributed by atoms with Crippen molar-refractivity contribution >= 4 is 17.5 Å². The number of aryl methyl sites for hydroxylation is 1. The molecule has 2 amide bonds. The lowest BCUT2D eigenvalue weighted by Crippen LogP contribution is -2.42. The number of hydrogen-bond donors (Lipinski definition) is 1. The molecule has 6 heteroatoms. The molecular weight excluding hydrogens is 383 g/mol. The Bertz CT molecular complexity index is 922. The number of benzene rings is 2. The molecule has 0 bridgehead atoms. The van der Waals surface area contributed by atoms with E-state index in [9.17, 15) is 14.0 Å². The molecule has 5 nitrogen and oxygen atoms in total. The van der Waals surface area contributed by atoms with Crippen molar-refractivity contribution in [2.24, 2.45) is 11.3 Å². The molecule has 1 N–H and O–H groups in total. The Morgan fingerprint density at radius 1 is 1.17 bits per heavy atom. The third-order valence-electron chi connectivity index (χ3n) is 6.44. The lowest BCUT2D eigenvalue weighted by atomic mass is 9.71. The molecule has 2 fully saturated rings. The average molecular weight is 410 g/mol. The summed E-state index contributed by atoms with van der Waals surface area (Å²) in [6.07, 6.45) is 2.38. The lowest BCUT2D eigenvalue weighted by molar-refractivity contribution is -0.124. The fourth-order valence-corrected chi connectivity index (χ4v) is 4.63. The second-order valence-corrected chi connectivity index (χ2v) is 8.26. The molecule has 158 valence electrons. The zero-order valence-electron chi connectivity index (χ0n) is 17.2. The second kappa shape index (κ2) is 8.56. The van der Waals surface area contributed by atoms with Gasteiger partial charge in [0.25, 0.3) is 5.91 Å². The number of nitrogens with one attached hydrogen (secondary N) is 1. The minimum atomic E-state index is -0.396. The van der Waals surface area contributed by atoms with Gasteiger partial charge in [0.2, 0.25) is 5.91 Å². The van der Waals surface area contributed by atoms with Crippen LogP contribution in [0.2, 0.25) is 0 Å². The Labute approximate surface area is 176 Å². The number of amides is 2. The molecule has 2 aromatic rings. The van der Waals surface area contributed by atoms with Crippen LogP contribution in [0, 0.1) is 17.2 Å². The molecule has 2 aliphatic heterocycles. The first-order valence-corrected chi connectivity index (χ1v) is 10.5. The van der Waals surface area contributed by atoms with Gasteiger partial charge in [-0.15, -0.1) is 0 Å². The summed E-state index contributed by atoms with van der Waals surface area (Å²) in [7, 11) is 0. The number of hydrogen-bond acceptors (Lipinski definition) is 3. The van der Waals surface area contributed by atoms with E-state index in [0.717, 1.165) is 19.3 Å². The normalized spacial score (nSPS) is 20.3. The summed E-state index contributed by atoms with van der Waals surface area (Å²) in [4.78, 5) is 28.1. The van der Waals surface area contributed by atoms with Gasteiger partial charge in [-0.05, 0) is 55.2 Å². The third-order valence-corrected chi connectivity index (χ3v) is 6.44. The third kappa shape index (κ3) is 4.10. The van der Waals surface area contributed by atoms with Crippen molar-refractivity contribution in [3.05, 3.63) is 65.5 Å². The van der Waals surface area contributed by atoms with Crippen LogP contribution in [-0.2, 0) is 16.0 Å². The molecule has 2 aromatic carbocycles. The summed E-state index contributed by atoms with van der Waals surface area (Å²) in [5.41, 5.74) is 1.94. The van der Waals surface area contributed by atoms with Crippen molar-refractivity contribution in [3.63, 3.8) is 0 Å². The molecule has 1 spiro atoms. The van der Waals surface area contributed by atoms with Crippen LogP contribution >= 0.6 is 0 Å². The SMILES string of the molecule is CCc1ccc(C(=O)N2C[C@@H](C(=O)Nc3cccc(F)c3)C3(CCOCC3)C2)cc1. The molecule has 2 saturated heterocycles. The van der Waals surface area contributed by atoms with E-state index in [0.29, 0.717) is 37.6 Å². The predicted molar refractivity (Wildman–Crippen MR) is 113 cm³/mol. The van der Waals surface area contributed by atoms with Gasteiger partial charge >= 0.3 is 0 Å². The van der Waals surface area contributed by atoms with Crippen molar-refractivity contribution in [3.8, 4) is 0 Å². The molecule has 0 radical (unpaired) electrons. The number of nitrogens with zero attached hydrogens (tertiary/aromatic N) is 1. The van der Waals surface area contributed by atoms with Gasteiger partial charge in [0.1, 0.15) is 5.82 Å². The first kappa shape index (κ1) is 20.5. The number of carbonyl (C=O) groups excluding carboxylic acids is 2. The Morgan fingerprint density at radius 3 is 2.57 bits per heavy atom. The van der Waals surface area contributed by atoms with Crippen molar-refractivity contribution < 1.29 is 18.7 Å². The smallest absolute Gasteiger partial charge is 0.253 e. The van der Waals surface area contributed by atoms with Crippen LogP contribution in [0.3, 0.4) is 0 Å². The van der Waals surface area contributed by atoms with E-state index < -0.39 is 5.82 Å². The summed E-state index contributed by atoms with van der Waals surface area (Å²) >= 11 is 0. The molecule has 1 atom stereocenters. The zero-order chi connectivity index (χ0) is 21.1. The van der Waals surface area contributed by atoms with Gasteiger partial charge in [-0.2, -0.15) is 0 Å². The van der Waals surface area contributed by atoms with Gasteiger partial charge in [0, 0.05) is 43.0 Å². The summed E-state index contributed by atoms with van der Waals surface area (Å²) in [6.45, 7) is 4.13. The van der Waals surface area contributed by atoms with Crippen molar-refractivity contribution in [2.75, 3.05) is 31.6 Å². The Morgan fingerprint density at radius 2 is 1.90 bits per heavy atom. The highest BCUT2D eigenvalue weighted by Gasteiger charge is 2.51. The number of likely N-dealkylation sites (tertiary alicyclic amines) is 1. The van der Waals surface area contributed by atoms with Gasteiger partial charge in [-0.1, -0.05) is 25.1 Å². The summed E-state index contributed by atoms with van der Waals surface area (Å²) in [5.74, 6) is -0.973. The number of carbonyl (C=O) groups is 2. The molecule has 0 saturated carbocycles. The maximum Gasteiger partial charge on any atom is 0.253 e. The highest BCUT2D eigenvalue weighted by Crippen LogP contribution is 2.45. The Kier molecular flexibility index (Phi) is 5.86. The predicted octanol–water partition coefficient (Wildman–Crippen LogP) is 3.90. The van der Waals surface area contributed by atoms with Crippen molar-refractivity contribution in [2.45, 2.75) is 26.2 Å². The van der Waals surface area contributed by atoms with Crippen LogP contribution in [0.1, 0.15) is 35.7 Å². The van der Waals surface area contributed by atoms with Gasteiger partial charge in [-0.25, -0.2) is 4.39 Å². The standard InChI is InChI=1S/C24H27FN2O3/c1-2-17-6-8-18(9-7-17)23(29)27-15-21(24(16-27)10-12-30-13-11-24)22(28)26-20-5-3-4-19(25)14-20/h3-9,14,21H,2,10-13,15-16H2,1H3,(H,26,28)/t21-/m0/s1. The van der Waals surface area contributed by atoms with E-state index in [1.54, 1.807) is 17.0 Å². The van der Waals surface area contributed by atoms with E-state index in [1.165, 1.54) is 17.7 Å². The first-order valence-electron chi connectivity index (χ1n) is 10.5. The maximum atomic E-state index is 13.5. The topological polar surface area (TPSA) is 58.6 Å². The van der Waals surface area contributed by atoms with Crippen LogP contribution in [0.15, 0.2) is 48.5 Å². The zero-order valence-corrected chi connectivity index (χ0v) is 17.2. The van der Waals surface area contributed by atoms with E-state index in [4.69, 9.17) is 4.74 Å². The average Bonchev–Trinajstić information content (AvgIpc) is 3.12. The highest BCUT2D eigenvalue weighted by molar-refractivity contribution is 5.97. The minimum Gasteiger partial charge on any atom is -0.381 e. The maximum absolute atomic E-state index is 13.5. The quantitative estimate of drug-likeness (QED) is 0.832. The van der Waals surface area contributed by atoms with Crippen LogP contribution in [0.25, 0.3) is 0 Å². The van der Waals surface area contributed by atoms with Crippen LogP contribution in [0.4, 0.5) is 10.1 Å². The van der Waals surface area contributed by atoms with E-state index >= 15 is 0 Å². The van der Waals surface area contributed by atoms with Crippen molar-refractivity contribution in [1.29, 1.82) is 0 Å². The molecule has 0 unspecified atom stereocenters. The molecule has 2 aliphatic rings. The van der Waals surface area contributed by atoms with E-state index in [1.807, 2.05) is 24.3 Å². The van der Waals surface area contributed by atoms with Crippen LogP contribution in [-0.4, -0.2) is 43.0 Å². The molecule has 2 heterocycles. The summed E-state index contributed by atoms with van der Waals surface area (Å²) in [5, 5.41) is 2.85. The summed E-state index contributed by atoms with van der Waals surface area (Å²) < 4.78 is 19.1. The molecule has 0 aromatic heterocycles. The van der Waals surface area contributed by atoms with Gasteiger partial charge in [-0.3, -0.25) is 9.59 Å². The first-order chi connectivity index (χ1) is 14.5. The van der Waals surface area contributed by atoms with Crippen LogP contribution in [0.5, 0.6) is 0 Å².